The SMILES string of the molecule is CC(C)C[Si](CC(C)C)(CC(C)C)[O][Zr]([O]c1ccccc1)([O]c1ccccc1)[O]c1ccccc1. The molecule has 4 nitrogen and oxygen atoms in total. The normalized spacial score (nSPS) is 12.2. The Kier molecular flexibility index (Phi) is 10.8. The van der Waals surface area contributed by atoms with Gasteiger partial charge in [-0.2, -0.15) is 0 Å². The van der Waals surface area contributed by atoms with E-state index >= 15 is 0 Å². The zero-order chi connectivity index (χ0) is 26.0. The van der Waals surface area contributed by atoms with E-state index in [0.717, 1.165) is 18.1 Å². The van der Waals surface area contributed by atoms with Crippen LogP contribution in [0.3, 0.4) is 0 Å². The molecule has 0 fully saturated rings. The zero-order valence-corrected chi connectivity index (χ0v) is 26.1. The average molecular weight is 586 g/mol. The number of hydrogen-bond acceptors (Lipinski definition) is 4. The molecule has 0 saturated carbocycles. The van der Waals surface area contributed by atoms with Crippen molar-refractivity contribution in [1.29, 1.82) is 0 Å². The van der Waals surface area contributed by atoms with Crippen molar-refractivity contribution >= 4 is 8.32 Å². The Morgan fingerprint density at radius 2 is 0.778 bits per heavy atom. The van der Waals surface area contributed by atoms with Crippen molar-refractivity contribution in [3.8, 4) is 17.2 Å². The molecule has 0 amide bonds. The second-order valence-corrected chi connectivity index (χ2v) is 20.1. The molecule has 0 atom stereocenters. The Balaban J connectivity index is 2.16. The molecule has 0 bridgehead atoms. The zero-order valence-electron chi connectivity index (χ0n) is 22.6. The molecule has 3 aromatic carbocycles. The first-order chi connectivity index (χ1) is 17.2. The summed E-state index contributed by atoms with van der Waals surface area (Å²) in [6.07, 6.45) is 0. The molecule has 0 spiro atoms. The number of para-hydroxylation sites is 3. The van der Waals surface area contributed by atoms with Gasteiger partial charge < -0.3 is 0 Å². The van der Waals surface area contributed by atoms with Crippen molar-refractivity contribution < 1.29 is 33.0 Å². The van der Waals surface area contributed by atoms with Gasteiger partial charge in [0.2, 0.25) is 0 Å². The van der Waals surface area contributed by atoms with Crippen LogP contribution >= 0.6 is 0 Å². The van der Waals surface area contributed by atoms with E-state index in [0.29, 0.717) is 35.0 Å². The monoisotopic (exact) mass is 584 g/mol. The number of benzene rings is 3. The summed E-state index contributed by atoms with van der Waals surface area (Å²) >= 11 is -4.82. The van der Waals surface area contributed by atoms with Crippen molar-refractivity contribution in [2.45, 2.75) is 59.7 Å². The summed E-state index contributed by atoms with van der Waals surface area (Å²) in [5, 5.41) is 0. The summed E-state index contributed by atoms with van der Waals surface area (Å²) in [6.45, 7) is 13.7. The first kappa shape index (κ1) is 28.7. The van der Waals surface area contributed by atoms with Gasteiger partial charge in [0.05, 0.1) is 0 Å². The van der Waals surface area contributed by atoms with E-state index in [9.17, 15) is 0 Å². The van der Waals surface area contributed by atoms with E-state index in [1.54, 1.807) is 0 Å². The molecular formula is C30H42O4SiZr. The molecule has 0 aliphatic rings. The second kappa shape index (κ2) is 13.6. The van der Waals surface area contributed by atoms with Crippen LogP contribution in [-0.2, 0) is 24.5 Å². The Hall–Kier alpha value is -1.88. The predicted octanol–water partition coefficient (Wildman–Crippen LogP) is 8.97. The summed E-state index contributed by atoms with van der Waals surface area (Å²) in [5.74, 6) is 3.64. The van der Waals surface area contributed by atoms with E-state index in [1.807, 2.05) is 91.0 Å². The summed E-state index contributed by atoms with van der Waals surface area (Å²) in [6, 6.07) is 32.6. The van der Waals surface area contributed by atoms with Gasteiger partial charge in [-0.15, -0.1) is 0 Å². The van der Waals surface area contributed by atoms with Crippen LogP contribution in [0, 0.1) is 17.8 Å². The molecule has 0 aliphatic heterocycles. The van der Waals surface area contributed by atoms with Gasteiger partial charge in [0.25, 0.3) is 0 Å². The summed E-state index contributed by atoms with van der Waals surface area (Å²) in [4.78, 5) is 0. The molecule has 0 radical (unpaired) electrons. The third-order valence-corrected chi connectivity index (χ3v) is 19.6. The molecule has 6 heteroatoms. The maximum atomic E-state index is 7.45. The second-order valence-electron chi connectivity index (χ2n) is 10.8. The van der Waals surface area contributed by atoms with Gasteiger partial charge in [-0.05, 0) is 0 Å². The molecule has 0 aromatic heterocycles. The van der Waals surface area contributed by atoms with Gasteiger partial charge in [-0.1, -0.05) is 0 Å². The van der Waals surface area contributed by atoms with E-state index in [4.69, 9.17) is 10.9 Å². The summed E-state index contributed by atoms with van der Waals surface area (Å²) < 4.78 is 27.8. The predicted molar refractivity (Wildman–Crippen MR) is 147 cm³/mol. The fourth-order valence-electron chi connectivity index (χ4n) is 4.90. The van der Waals surface area contributed by atoms with Gasteiger partial charge in [0.1, 0.15) is 0 Å². The fourth-order valence-corrected chi connectivity index (χ4v) is 20.9. The van der Waals surface area contributed by atoms with Gasteiger partial charge in [0.15, 0.2) is 0 Å². The summed E-state index contributed by atoms with van der Waals surface area (Å²) in [5.41, 5.74) is 0. The molecule has 0 unspecified atom stereocenters. The molecule has 194 valence electrons. The molecule has 0 heterocycles. The van der Waals surface area contributed by atoms with Crippen LogP contribution in [0.25, 0.3) is 0 Å². The van der Waals surface area contributed by atoms with Gasteiger partial charge in [-0.3, -0.25) is 0 Å². The molecule has 0 aliphatic carbocycles. The molecular weight excluding hydrogens is 544 g/mol. The van der Waals surface area contributed by atoms with Crippen LogP contribution in [-0.4, -0.2) is 8.32 Å². The first-order valence-corrected chi connectivity index (χ1v) is 19.7. The molecule has 36 heavy (non-hydrogen) atoms. The van der Waals surface area contributed by atoms with Crippen LogP contribution in [0.2, 0.25) is 18.1 Å². The standard InChI is InChI=1S/C12H27OSi.3C6H6O.Zr/c1-10(2)7-14(13,8-11(3)4)9-12(5)6;3*7-6-4-2-1-3-5-6;/h10-12H,7-9H2,1-6H3;3*1-5,7H;/q-1;;;;+4/p-3. The minimum atomic E-state index is -4.82. The topological polar surface area (TPSA) is 36.9 Å². The summed E-state index contributed by atoms with van der Waals surface area (Å²) in [7, 11) is -2.36. The van der Waals surface area contributed by atoms with Gasteiger partial charge >= 0.3 is 227 Å². The van der Waals surface area contributed by atoms with Crippen molar-refractivity contribution in [3.05, 3.63) is 91.0 Å². The van der Waals surface area contributed by atoms with E-state index in [2.05, 4.69) is 41.5 Å². The van der Waals surface area contributed by atoms with Gasteiger partial charge in [-0.25, -0.2) is 0 Å². The van der Waals surface area contributed by atoms with Crippen molar-refractivity contribution in [3.63, 3.8) is 0 Å². The minimum absolute atomic E-state index is 0.503. The van der Waals surface area contributed by atoms with Crippen LogP contribution in [0.15, 0.2) is 91.0 Å². The number of hydrogen-bond donors (Lipinski definition) is 0. The number of rotatable bonds is 14. The Labute approximate surface area is 226 Å². The Morgan fingerprint density at radius 3 is 1.03 bits per heavy atom. The van der Waals surface area contributed by atoms with Crippen molar-refractivity contribution in [2.24, 2.45) is 17.8 Å². The van der Waals surface area contributed by atoms with Crippen LogP contribution in [0.1, 0.15) is 41.5 Å². The molecule has 0 N–H and O–H groups in total. The first-order valence-electron chi connectivity index (χ1n) is 13.1. The van der Waals surface area contributed by atoms with Crippen molar-refractivity contribution in [1.82, 2.24) is 0 Å². The molecule has 0 saturated heterocycles. The Bertz CT molecular complexity index is 885. The third-order valence-electron chi connectivity index (χ3n) is 5.64. The van der Waals surface area contributed by atoms with E-state index in [1.165, 1.54) is 0 Å². The molecule has 3 aromatic rings. The van der Waals surface area contributed by atoms with E-state index in [-0.39, 0.29) is 0 Å². The Morgan fingerprint density at radius 1 is 0.500 bits per heavy atom. The van der Waals surface area contributed by atoms with Crippen LogP contribution < -0.4 is 8.44 Å². The van der Waals surface area contributed by atoms with Crippen LogP contribution in [0.5, 0.6) is 17.2 Å². The fraction of sp³-hybridized carbons (Fsp3) is 0.400. The molecule has 3 rings (SSSR count). The quantitative estimate of drug-likeness (QED) is 0.177. The maximum absolute atomic E-state index is 7.45. The van der Waals surface area contributed by atoms with Crippen molar-refractivity contribution in [2.75, 3.05) is 0 Å². The third kappa shape index (κ3) is 9.21. The van der Waals surface area contributed by atoms with Gasteiger partial charge in [0, 0.05) is 0 Å². The van der Waals surface area contributed by atoms with Crippen LogP contribution in [0.4, 0.5) is 0 Å². The average Bonchev–Trinajstić information content (AvgIpc) is 2.79. The van der Waals surface area contributed by atoms with E-state index < -0.39 is 30.3 Å².